The van der Waals surface area contributed by atoms with Crippen LogP contribution < -0.4 is 10.6 Å². The number of aryl methyl sites for hydroxylation is 1. The van der Waals surface area contributed by atoms with E-state index in [1.807, 2.05) is 17.0 Å². The van der Waals surface area contributed by atoms with Gasteiger partial charge in [-0.25, -0.2) is 4.98 Å². The van der Waals surface area contributed by atoms with Crippen LogP contribution in [-0.2, 0) is 6.42 Å². The highest BCUT2D eigenvalue weighted by atomic mass is 32.1. The van der Waals surface area contributed by atoms with Crippen molar-refractivity contribution in [3.8, 4) is 0 Å². The van der Waals surface area contributed by atoms with Crippen LogP contribution in [0.25, 0.3) is 0 Å². The molecule has 1 aliphatic rings. The van der Waals surface area contributed by atoms with Crippen molar-refractivity contribution in [3.05, 3.63) is 35.7 Å². The van der Waals surface area contributed by atoms with Gasteiger partial charge in [-0.15, -0.1) is 0 Å². The van der Waals surface area contributed by atoms with Gasteiger partial charge >= 0.3 is 0 Å². The molecule has 2 heterocycles. The summed E-state index contributed by atoms with van der Waals surface area (Å²) in [6.07, 6.45) is 1.78. The van der Waals surface area contributed by atoms with Crippen molar-refractivity contribution in [1.82, 2.24) is 14.3 Å². The second-order valence-corrected chi connectivity index (χ2v) is 6.34. The first kappa shape index (κ1) is 15.7. The van der Waals surface area contributed by atoms with E-state index in [0.717, 1.165) is 43.4 Å². The number of hydrogen-bond donors (Lipinski definition) is 1. The molecule has 1 fully saturated rings. The van der Waals surface area contributed by atoms with Crippen LogP contribution >= 0.6 is 11.5 Å². The van der Waals surface area contributed by atoms with Gasteiger partial charge in [0.25, 0.3) is 5.91 Å². The van der Waals surface area contributed by atoms with Crippen LogP contribution in [0.15, 0.2) is 24.3 Å². The van der Waals surface area contributed by atoms with E-state index in [1.165, 1.54) is 11.5 Å². The van der Waals surface area contributed by atoms with Crippen LogP contribution in [0.4, 0.5) is 10.8 Å². The molecule has 23 heavy (non-hydrogen) atoms. The van der Waals surface area contributed by atoms with E-state index in [0.29, 0.717) is 17.8 Å². The molecule has 0 unspecified atom stereocenters. The van der Waals surface area contributed by atoms with E-state index in [4.69, 9.17) is 5.73 Å². The Kier molecular flexibility index (Phi) is 4.76. The molecule has 2 aromatic rings. The maximum Gasteiger partial charge on any atom is 0.253 e. The van der Waals surface area contributed by atoms with E-state index in [9.17, 15) is 4.79 Å². The molecule has 122 valence electrons. The van der Waals surface area contributed by atoms with Crippen molar-refractivity contribution in [1.29, 1.82) is 0 Å². The van der Waals surface area contributed by atoms with E-state index in [-0.39, 0.29) is 5.91 Å². The van der Waals surface area contributed by atoms with Gasteiger partial charge in [-0.2, -0.15) is 4.37 Å². The highest BCUT2D eigenvalue weighted by molar-refractivity contribution is 7.09. The molecule has 0 spiro atoms. The first-order chi connectivity index (χ1) is 11.2. The molecule has 1 amide bonds. The second-order valence-electron chi connectivity index (χ2n) is 5.60. The fourth-order valence-electron chi connectivity index (χ4n) is 2.68. The smallest absolute Gasteiger partial charge is 0.253 e. The number of nitrogens with two attached hydrogens (primary N) is 1. The molecule has 1 aromatic carbocycles. The standard InChI is InChI=1S/C16H21N5OS/c1-2-14-18-16(23-19-14)21-8-4-7-20(9-10-21)15(22)12-5-3-6-13(17)11-12/h3,5-6,11H,2,4,7-10,17H2,1H3. The SMILES string of the molecule is CCc1nsc(N2CCCN(C(=O)c3cccc(N)c3)CC2)n1. The van der Waals surface area contributed by atoms with E-state index in [2.05, 4.69) is 21.2 Å². The van der Waals surface area contributed by atoms with Crippen LogP contribution in [0.1, 0.15) is 29.5 Å². The Morgan fingerprint density at radius 3 is 2.91 bits per heavy atom. The summed E-state index contributed by atoms with van der Waals surface area (Å²) in [6.45, 7) is 5.18. The Morgan fingerprint density at radius 1 is 1.30 bits per heavy atom. The molecule has 0 radical (unpaired) electrons. The number of nitrogen functional groups attached to an aromatic ring is 1. The summed E-state index contributed by atoms with van der Waals surface area (Å²) in [5, 5.41) is 0.958. The molecule has 1 aliphatic heterocycles. The third-order valence-corrected chi connectivity index (χ3v) is 4.78. The summed E-state index contributed by atoms with van der Waals surface area (Å²) in [7, 11) is 0. The van der Waals surface area contributed by atoms with Crippen LogP contribution in [0.5, 0.6) is 0 Å². The number of hydrogen-bond acceptors (Lipinski definition) is 6. The molecule has 0 atom stereocenters. The van der Waals surface area contributed by atoms with Crippen molar-refractivity contribution in [2.75, 3.05) is 36.8 Å². The minimum absolute atomic E-state index is 0.0469. The highest BCUT2D eigenvalue weighted by Gasteiger charge is 2.22. The molecule has 2 N–H and O–H groups in total. The maximum absolute atomic E-state index is 12.6. The molecule has 0 bridgehead atoms. The fraction of sp³-hybridized carbons (Fsp3) is 0.438. The predicted molar refractivity (Wildman–Crippen MR) is 92.9 cm³/mol. The van der Waals surface area contributed by atoms with Crippen molar-refractivity contribution in [3.63, 3.8) is 0 Å². The highest BCUT2D eigenvalue weighted by Crippen LogP contribution is 2.20. The monoisotopic (exact) mass is 331 g/mol. The Balaban J connectivity index is 1.67. The van der Waals surface area contributed by atoms with Gasteiger partial charge in [0.05, 0.1) is 0 Å². The summed E-state index contributed by atoms with van der Waals surface area (Å²) in [4.78, 5) is 21.3. The minimum Gasteiger partial charge on any atom is -0.399 e. The lowest BCUT2D eigenvalue weighted by Crippen LogP contribution is -2.35. The Hall–Kier alpha value is -2.15. The number of carbonyl (C=O) groups is 1. The summed E-state index contributed by atoms with van der Waals surface area (Å²) in [5.41, 5.74) is 7.05. The van der Waals surface area contributed by atoms with Gasteiger partial charge in [-0.3, -0.25) is 4.79 Å². The van der Waals surface area contributed by atoms with Gasteiger partial charge < -0.3 is 15.5 Å². The van der Waals surface area contributed by atoms with Gasteiger partial charge in [0.1, 0.15) is 5.82 Å². The molecule has 1 saturated heterocycles. The lowest BCUT2D eigenvalue weighted by Gasteiger charge is -2.21. The summed E-state index contributed by atoms with van der Waals surface area (Å²) < 4.78 is 4.35. The van der Waals surface area contributed by atoms with Crippen LogP contribution in [-0.4, -0.2) is 46.3 Å². The first-order valence-electron chi connectivity index (χ1n) is 7.89. The van der Waals surface area contributed by atoms with E-state index >= 15 is 0 Å². The molecule has 6 nitrogen and oxygen atoms in total. The number of amides is 1. The fourth-order valence-corrected chi connectivity index (χ4v) is 3.48. The van der Waals surface area contributed by atoms with E-state index < -0.39 is 0 Å². The van der Waals surface area contributed by atoms with Gasteiger partial charge in [-0.05, 0) is 24.6 Å². The predicted octanol–water partition coefficient (Wildman–Crippen LogP) is 2.04. The number of aromatic nitrogens is 2. The Bertz CT molecular complexity index is 687. The number of benzene rings is 1. The average molecular weight is 331 g/mol. The lowest BCUT2D eigenvalue weighted by atomic mass is 10.1. The topological polar surface area (TPSA) is 75.4 Å². The van der Waals surface area contributed by atoms with Crippen molar-refractivity contribution >= 4 is 28.3 Å². The van der Waals surface area contributed by atoms with Crippen LogP contribution in [0.3, 0.4) is 0 Å². The summed E-state index contributed by atoms with van der Waals surface area (Å²) in [5.74, 6) is 0.938. The zero-order valence-corrected chi connectivity index (χ0v) is 14.1. The number of nitrogens with zero attached hydrogens (tertiary/aromatic N) is 4. The van der Waals surface area contributed by atoms with Crippen LogP contribution in [0, 0.1) is 0 Å². The molecule has 3 rings (SSSR count). The van der Waals surface area contributed by atoms with Crippen LogP contribution in [0.2, 0.25) is 0 Å². The van der Waals surface area contributed by atoms with Gasteiger partial charge in [0.2, 0.25) is 5.13 Å². The third-order valence-electron chi connectivity index (χ3n) is 3.96. The zero-order chi connectivity index (χ0) is 16.2. The average Bonchev–Trinajstić information content (AvgIpc) is 2.91. The number of rotatable bonds is 3. The minimum atomic E-state index is 0.0469. The van der Waals surface area contributed by atoms with Crippen molar-refractivity contribution in [2.24, 2.45) is 0 Å². The first-order valence-corrected chi connectivity index (χ1v) is 8.67. The molecule has 0 saturated carbocycles. The van der Waals surface area contributed by atoms with Crippen molar-refractivity contribution in [2.45, 2.75) is 19.8 Å². The maximum atomic E-state index is 12.6. The molecule has 1 aromatic heterocycles. The normalized spacial score (nSPS) is 15.5. The Labute approximate surface area is 140 Å². The molecular formula is C16H21N5OS. The third kappa shape index (κ3) is 3.61. The van der Waals surface area contributed by atoms with Gasteiger partial charge in [0.15, 0.2) is 0 Å². The summed E-state index contributed by atoms with van der Waals surface area (Å²) >= 11 is 1.44. The van der Waals surface area contributed by atoms with E-state index in [1.54, 1.807) is 12.1 Å². The summed E-state index contributed by atoms with van der Waals surface area (Å²) in [6, 6.07) is 7.17. The van der Waals surface area contributed by atoms with Gasteiger partial charge in [0, 0.05) is 55.4 Å². The lowest BCUT2D eigenvalue weighted by molar-refractivity contribution is 0.0767. The number of carbonyl (C=O) groups excluding carboxylic acids is 1. The largest absolute Gasteiger partial charge is 0.399 e. The number of anilines is 2. The quantitative estimate of drug-likeness (QED) is 0.871. The zero-order valence-electron chi connectivity index (χ0n) is 13.2. The van der Waals surface area contributed by atoms with Crippen molar-refractivity contribution < 1.29 is 4.79 Å². The van der Waals surface area contributed by atoms with Gasteiger partial charge in [-0.1, -0.05) is 13.0 Å². The molecular weight excluding hydrogens is 310 g/mol. The molecule has 7 heteroatoms. The Morgan fingerprint density at radius 2 is 2.17 bits per heavy atom. The second kappa shape index (κ2) is 6.95. The molecule has 0 aliphatic carbocycles.